The number of likely N-dealkylation sites (tertiary alicyclic amines) is 2. The molecule has 188 valence electrons. The third-order valence-electron chi connectivity index (χ3n) is 6.69. The molecule has 0 radical (unpaired) electrons. The first kappa shape index (κ1) is 24.9. The molecule has 0 saturated carbocycles. The highest BCUT2D eigenvalue weighted by molar-refractivity contribution is 6.06. The van der Waals surface area contributed by atoms with Crippen molar-refractivity contribution >= 4 is 29.7 Å². The minimum absolute atomic E-state index is 0.00994. The van der Waals surface area contributed by atoms with Crippen molar-refractivity contribution in [1.29, 1.82) is 5.41 Å². The summed E-state index contributed by atoms with van der Waals surface area (Å²) in [5.74, 6) is -3.69. The Kier molecular flexibility index (Phi) is 7.02. The van der Waals surface area contributed by atoms with E-state index in [1.807, 2.05) is 30.3 Å². The number of benzene rings is 2. The van der Waals surface area contributed by atoms with Crippen LogP contribution in [0.5, 0.6) is 0 Å². The fourth-order valence-electron chi connectivity index (χ4n) is 5.09. The highest BCUT2D eigenvalue weighted by Crippen LogP contribution is 2.50. The van der Waals surface area contributed by atoms with Gasteiger partial charge < -0.3 is 21.3 Å². The Bertz CT molecular complexity index is 1190. The summed E-state index contributed by atoms with van der Waals surface area (Å²) in [6, 6.07) is 15.2. The number of nitrogens with zero attached hydrogens (tertiary/aromatic N) is 2. The summed E-state index contributed by atoms with van der Waals surface area (Å²) in [7, 11) is 0. The number of ether oxygens (including phenoxy) is 1. The van der Waals surface area contributed by atoms with Crippen LogP contribution in [0.2, 0.25) is 0 Å². The van der Waals surface area contributed by atoms with E-state index in [0.717, 1.165) is 5.56 Å². The second kappa shape index (κ2) is 10.2. The highest BCUT2D eigenvalue weighted by Gasteiger charge is 2.63. The molecule has 2 aromatic rings. The number of nitrogens with two attached hydrogens (primary N) is 2. The SMILES string of the molecule is N=C(N)c1ccc(C2C3C(=O)N(CCc4ccccc4)C(=O)C3C(OC(=O)O)N2CCC(N)=O)cc1. The van der Waals surface area contributed by atoms with E-state index in [-0.39, 0.29) is 25.3 Å². The number of rotatable bonds is 9. The Labute approximate surface area is 207 Å². The standard InChI is InChI=1S/C25H27N5O6/c26-17(31)11-13-29-20(15-6-8-16(9-7-15)21(27)28)18-19(24(29)36-25(34)35)23(33)30(22(18)32)12-10-14-4-2-1-3-5-14/h1-9,18-20,24H,10-13H2,(H2,26,31)(H3,27,28)(H,34,35). The summed E-state index contributed by atoms with van der Waals surface area (Å²) in [5, 5.41) is 17.0. The molecule has 2 heterocycles. The Morgan fingerprint density at radius 3 is 2.17 bits per heavy atom. The van der Waals surface area contributed by atoms with Gasteiger partial charge in [-0.25, -0.2) is 4.79 Å². The molecule has 4 unspecified atom stereocenters. The normalized spacial score (nSPS) is 23.5. The molecule has 0 spiro atoms. The van der Waals surface area contributed by atoms with Gasteiger partial charge in [-0.2, -0.15) is 0 Å². The molecular weight excluding hydrogens is 466 g/mol. The number of primary amides is 1. The molecule has 2 aliphatic rings. The number of hydrogen-bond donors (Lipinski definition) is 4. The first-order valence-corrected chi connectivity index (χ1v) is 11.5. The fourth-order valence-corrected chi connectivity index (χ4v) is 5.09. The molecule has 11 heteroatoms. The Balaban J connectivity index is 1.71. The second-order valence-corrected chi connectivity index (χ2v) is 8.82. The van der Waals surface area contributed by atoms with Crippen LogP contribution in [-0.2, 0) is 25.5 Å². The first-order chi connectivity index (χ1) is 17.2. The van der Waals surface area contributed by atoms with E-state index in [9.17, 15) is 24.3 Å². The Hall–Kier alpha value is -4.25. The lowest BCUT2D eigenvalue weighted by Gasteiger charge is -2.32. The van der Waals surface area contributed by atoms with Crippen molar-refractivity contribution in [2.45, 2.75) is 25.1 Å². The average molecular weight is 494 g/mol. The summed E-state index contributed by atoms with van der Waals surface area (Å²) in [6.07, 6.45) is -2.55. The van der Waals surface area contributed by atoms with Crippen LogP contribution in [0.4, 0.5) is 4.79 Å². The maximum absolute atomic E-state index is 13.6. The third kappa shape index (κ3) is 4.78. The fraction of sp³-hybridized carbons (Fsp3) is 0.320. The number of imide groups is 1. The van der Waals surface area contributed by atoms with E-state index >= 15 is 0 Å². The van der Waals surface area contributed by atoms with Gasteiger partial charge in [0.1, 0.15) is 11.8 Å². The zero-order valence-corrected chi connectivity index (χ0v) is 19.4. The van der Waals surface area contributed by atoms with E-state index < -0.39 is 48.0 Å². The van der Waals surface area contributed by atoms with Crippen molar-refractivity contribution in [1.82, 2.24) is 9.80 Å². The van der Waals surface area contributed by atoms with Crippen molar-refractivity contribution in [2.75, 3.05) is 13.1 Å². The van der Waals surface area contributed by atoms with Gasteiger partial charge in [0.05, 0.1) is 12.0 Å². The van der Waals surface area contributed by atoms with Crippen LogP contribution >= 0.6 is 0 Å². The predicted octanol–water partition coefficient (Wildman–Crippen LogP) is 1.07. The molecule has 2 saturated heterocycles. The number of amides is 3. The molecule has 11 nitrogen and oxygen atoms in total. The van der Waals surface area contributed by atoms with E-state index in [4.69, 9.17) is 21.6 Å². The van der Waals surface area contributed by atoms with Crippen LogP contribution in [0, 0.1) is 17.2 Å². The number of nitrogens with one attached hydrogen (secondary N) is 1. The molecule has 2 aromatic carbocycles. The van der Waals surface area contributed by atoms with Crippen LogP contribution in [-0.4, -0.2) is 63.9 Å². The largest absolute Gasteiger partial charge is 0.507 e. The molecule has 0 aliphatic carbocycles. The maximum atomic E-state index is 13.6. The summed E-state index contributed by atoms with van der Waals surface area (Å²) in [6.45, 7) is 0.135. The number of amidine groups is 1. The van der Waals surface area contributed by atoms with Crippen molar-refractivity contribution in [3.05, 3.63) is 71.3 Å². The van der Waals surface area contributed by atoms with Crippen LogP contribution < -0.4 is 11.5 Å². The van der Waals surface area contributed by atoms with Crippen molar-refractivity contribution in [3.8, 4) is 0 Å². The Morgan fingerprint density at radius 1 is 0.944 bits per heavy atom. The molecule has 6 N–H and O–H groups in total. The summed E-state index contributed by atoms with van der Waals surface area (Å²) in [5.41, 5.74) is 12.9. The number of nitrogen functional groups attached to an aromatic ring is 1. The molecule has 36 heavy (non-hydrogen) atoms. The predicted molar refractivity (Wildman–Crippen MR) is 127 cm³/mol. The van der Waals surface area contributed by atoms with Gasteiger partial charge in [0.15, 0.2) is 6.23 Å². The van der Waals surface area contributed by atoms with Crippen LogP contribution in [0.3, 0.4) is 0 Å². The lowest BCUT2D eigenvalue weighted by molar-refractivity contribution is -0.144. The first-order valence-electron chi connectivity index (χ1n) is 11.5. The number of hydrogen-bond acceptors (Lipinski definition) is 7. The van der Waals surface area contributed by atoms with E-state index in [1.54, 1.807) is 29.2 Å². The van der Waals surface area contributed by atoms with Crippen molar-refractivity contribution in [2.24, 2.45) is 23.3 Å². The molecule has 2 aliphatic heterocycles. The van der Waals surface area contributed by atoms with Crippen LogP contribution in [0.25, 0.3) is 0 Å². The number of carboxylic acid groups (broad SMARTS) is 1. The third-order valence-corrected chi connectivity index (χ3v) is 6.69. The zero-order chi connectivity index (χ0) is 26.0. The van der Waals surface area contributed by atoms with Gasteiger partial charge in [0.2, 0.25) is 17.7 Å². The van der Waals surface area contributed by atoms with Crippen LogP contribution in [0.15, 0.2) is 54.6 Å². The van der Waals surface area contributed by atoms with Crippen molar-refractivity contribution < 1.29 is 29.0 Å². The van der Waals surface area contributed by atoms with Gasteiger partial charge in [-0.3, -0.25) is 29.6 Å². The monoisotopic (exact) mass is 493 g/mol. The van der Waals surface area contributed by atoms with E-state index in [2.05, 4.69) is 0 Å². The molecule has 4 atom stereocenters. The summed E-state index contributed by atoms with van der Waals surface area (Å²) < 4.78 is 5.15. The van der Waals surface area contributed by atoms with Gasteiger partial charge in [0, 0.05) is 25.1 Å². The lowest BCUT2D eigenvalue weighted by atomic mass is 9.88. The average Bonchev–Trinajstić information content (AvgIpc) is 3.28. The van der Waals surface area contributed by atoms with E-state index in [0.29, 0.717) is 17.5 Å². The van der Waals surface area contributed by atoms with Crippen molar-refractivity contribution in [3.63, 3.8) is 0 Å². The minimum atomic E-state index is -1.60. The number of fused-ring (bicyclic) bond motifs is 1. The maximum Gasteiger partial charge on any atom is 0.507 e. The van der Waals surface area contributed by atoms with Gasteiger partial charge in [-0.1, -0.05) is 54.6 Å². The number of carbonyl (C=O) groups excluding carboxylic acids is 3. The summed E-state index contributed by atoms with van der Waals surface area (Å²) >= 11 is 0. The molecule has 3 amide bonds. The minimum Gasteiger partial charge on any atom is -0.450 e. The molecule has 4 rings (SSSR count). The van der Waals surface area contributed by atoms with Gasteiger partial charge in [0.25, 0.3) is 0 Å². The van der Waals surface area contributed by atoms with Gasteiger partial charge in [-0.15, -0.1) is 0 Å². The van der Waals surface area contributed by atoms with Gasteiger partial charge in [-0.05, 0) is 17.5 Å². The highest BCUT2D eigenvalue weighted by atomic mass is 16.7. The van der Waals surface area contributed by atoms with Crippen LogP contribution in [0.1, 0.15) is 29.2 Å². The van der Waals surface area contributed by atoms with E-state index in [1.165, 1.54) is 4.90 Å². The number of carbonyl (C=O) groups is 4. The summed E-state index contributed by atoms with van der Waals surface area (Å²) in [4.78, 5) is 53.0. The topological polar surface area (TPSA) is 180 Å². The van der Waals surface area contributed by atoms with Gasteiger partial charge >= 0.3 is 6.16 Å². The Morgan fingerprint density at radius 2 is 1.58 bits per heavy atom. The molecule has 2 fully saturated rings. The molecular formula is C25H27N5O6. The quantitative estimate of drug-likeness (QED) is 0.173. The lowest BCUT2D eigenvalue weighted by Crippen LogP contribution is -2.45. The zero-order valence-electron chi connectivity index (χ0n) is 19.4. The molecule has 0 aromatic heterocycles. The molecule has 0 bridgehead atoms. The smallest absolute Gasteiger partial charge is 0.450 e. The second-order valence-electron chi connectivity index (χ2n) is 8.82.